The van der Waals surface area contributed by atoms with E-state index in [4.69, 9.17) is 14.2 Å². The molecule has 0 aliphatic heterocycles. The second kappa shape index (κ2) is 10.3. The van der Waals surface area contributed by atoms with Crippen molar-refractivity contribution in [3.8, 4) is 28.8 Å². The van der Waals surface area contributed by atoms with Crippen molar-refractivity contribution in [1.29, 1.82) is 0 Å². The maximum Gasteiger partial charge on any atom is 0.416 e. The monoisotopic (exact) mass is 487 g/mol. The van der Waals surface area contributed by atoms with Crippen molar-refractivity contribution >= 4 is 11.6 Å². The molecule has 0 aliphatic rings. The lowest BCUT2D eigenvalue weighted by Crippen LogP contribution is -2.32. The molecule has 0 unspecified atom stereocenters. The Hall–Kier alpha value is -4.35. The van der Waals surface area contributed by atoms with Gasteiger partial charge in [-0.15, -0.1) is 15.3 Å². The normalized spacial score (nSPS) is 11.3. The van der Waals surface area contributed by atoms with Crippen molar-refractivity contribution in [2.75, 3.05) is 26.9 Å². The average Bonchev–Trinajstić information content (AvgIpc) is 3.28. The summed E-state index contributed by atoms with van der Waals surface area (Å²) in [5.74, 6) is 0.901. The summed E-state index contributed by atoms with van der Waals surface area (Å²) in [7, 11) is 1.57. The minimum Gasteiger partial charge on any atom is -0.497 e. The van der Waals surface area contributed by atoms with Crippen molar-refractivity contribution in [2.24, 2.45) is 0 Å². The van der Waals surface area contributed by atoms with Gasteiger partial charge in [0.15, 0.2) is 18.1 Å². The van der Waals surface area contributed by atoms with E-state index in [0.717, 1.165) is 17.7 Å². The molecule has 35 heavy (non-hydrogen) atoms. The number of fused-ring (bicyclic) bond motifs is 1. The fourth-order valence-corrected chi connectivity index (χ4v) is 3.10. The molecule has 2 heterocycles. The molecule has 0 aliphatic carbocycles. The topological polar surface area (TPSA) is 99.9 Å². The highest BCUT2D eigenvalue weighted by molar-refractivity contribution is 5.77. The van der Waals surface area contributed by atoms with E-state index in [1.54, 1.807) is 19.2 Å². The van der Waals surface area contributed by atoms with Crippen LogP contribution in [0.4, 0.5) is 13.2 Å². The fraction of sp³-hybridized carbons (Fsp3) is 0.217. The average molecular weight is 487 g/mol. The van der Waals surface area contributed by atoms with E-state index in [-0.39, 0.29) is 24.8 Å². The van der Waals surface area contributed by atoms with E-state index in [1.165, 1.54) is 16.6 Å². The van der Waals surface area contributed by atoms with E-state index in [1.807, 2.05) is 24.3 Å². The number of amides is 1. The van der Waals surface area contributed by atoms with Gasteiger partial charge in [-0.3, -0.25) is 4.79 Å². The Morgan fingerprint density at radius 3 is 2.60 bits per heavy atom. The number of carbonyl (C=O) groups is 1. The van der Waals surface area contributed by atoms with Gasteiger partial charge in [-0.05, 0) is 36.4 Å². The molecule has 0 atom stereocenters. The van der Waals surface area contributed by atoms with Crippen molar-refractivity contribution in [1.82, 2.24) is 25.1 Å². The van der Waals surface area contributed by atoms with E-state index < -0.39 is 24.3 Å². The summed E-state index contributed by atoms with van der Waals surface area (Å²) in [5, 5.41) is 15.2. The highest BCUT2D eigenvalue weighted by Crippen LogP contribution is 2.31. The molecule has 0 fully saturated rings. The predicted molar refractivity (Wildman–Crippen MR) is 118 cm³/mol. The largest absolute Gasteiger partial charge is 0.497 e. The number of nitrogens with zero attached hydrogens (tertiary/aromatic N) is 4. The van der Waals surface area contributed by atoms with Gasteiger partial charge in [-0.25, -0.2) is 0 Å². The van der Waals surface area contributed by atoms with Gasteiger partial charge < -0.3 is 19.5 Å². The minimum absolute atomic E-state index is 0.0514. The van der Waals surface area contributed by atoms with Crippen LogP contribution in [0.15, 0.2) is 60.7 Å². The number of methoxy groups -OCH3 is 1. The number of nitrogens with one attached hydrogen (secondary N) is 1. The zero-order valence-corrected chi connectivity index (χ0v) is 18.5. The molecule has 182 valence electrons. The number of alkyl halides is 3. The summed E-state index contributed by atoms with van der Waals surface area (Å²) < 4.78 is 55.8. The summed E-state index contributed by atoms with van der Waals surface area (Å²) in [6.45, 7) is -0.198. The Kier molecular flexibility index (Phi) is 6.99. The van der Waals surface area contributed by atoms with Gasteiger partial charge in [0.25, 0.3) is 5.91 Å². The molecule has 12 heteroatoms. The number of benzene rings is 2. The molecule has 0 bridgehead atoms. The van der Waals surface area contributed by atoms with Crippen LogP contribution in [0, 0.1) is 0 Å². The van der Waals surface area contributed by atoms with E-state index in [0.29, 0.717) is 17.2 Å². The van der Waals surface area contributed by atoms with Crippen LogP contribution in [-0.4, -0.2) is 52.6 Å². The standard InChI is InChI=1S/C23H20F3N5O4/c1-33-17-6-2-4-15(12-17)22-29-28-19-8-9-21(30-31(19)22)34-11-10-27-20(32)14-35-18-7-3-5-16(13-18)23(24,25)26/h2-9,12-13H,10-11,14H2,1H3,(H,27,32). The third-order valence-electron chi connectivity index (χ3n) is 4.77. The molecule has 2 aromatic carbocycles. The summed E-state index contributed by atoms with van der Waals surface area (Å²) >= 11 is 0. The number of hydrogen-bond donors (Lipinski definition) is 1. The lowest BCUT2D eigenvalue weighted by Gasteiger charge is -2.11. The molecule has 0 saturated carbocycles. The van der Waals surface area contributed by atoms with Crippen LogP contribution in [0.5, 0.6) is 17.4 Å². The number of hydrogen-bond acceptors (Lipinski definition) is 7. The van der Waals surface area contributed by atoms with Crippen LogP contribution in [-0.2, 0) is 11.0 Å². The van der Waals surface area contributed by atoms with Crippen LogP contribution < -0.4 is 19.5 Å². The molecule has 4 aromatic rings. The fourth-order valence-electron chi connectivity index (χ4n) is 3.10. The second-order valence-electron chi connectivity index (χ2n) is 7.21. The van der Waals surface area contributed by atoms with Crippen molar-refractivity contribution in [2.45, 2.75) is 6.18 Å². The van der Waals surface area contributed by atoms with Gasteiger partial charge in [-0.2, -0.15) is 17.7 Å². The second-order valence-corrected chi connectivity index (χ2v) is 7.21. The van der Waals surface area contributed by atoms with Crippen LogP contribution in [0.1, 0.15) is 5.56 Å². The first-order chi connectivity index (χ1) is 16.8. The first kappa shape index (κ1) is 23.8. The third kappa shape index (κ3) is 5.96. The first-order valence-electron chi connectivity index (χ1n) is 10.4. The Labute approximate surface area is 197 Å². The molecule has 2 aromatic heterocycles. The summed E-state index contributed by atoms with van der Waals surface area (Å²) in [6.07, 6.45) is -4.49. The number of aromatic nitrogens is 4. The molecule has 1 amide bonds. The zero-order chi connectivity index (χ0) is 24.8. The predicted octanol–water partition coefficient (Wildman–Crippen LogP) is 3.39. The van der Waals surface area contributed by atoms with Gasteiger partial charge in [0.1, 0.15) is 18.1 Å². The highest BCUT2D eigenvalue weighted by atomic mass is 19.4. The first-order valence-corrected chi connectivity index (χ1v) is 10.4. The quantitative estimate of drug-likeness (QED) is 0.361. The number of halogens is 3. The van der Waals surface area contributed by atoms with Gasteiger partial charge >= 0.3 is 6.18 Å². The van der Waals surface area contributed by atoms with E-state index >= 15 is 0 Å². The molecule has 4 rings (SSSR count). The molecular weight excluding hydrogens is 467 g/mol. The Morgan fingerprint density at radius 2 is 1.80 bits per heavy atom. The summed E-state index contributed by atoms with van der Waals surface area (Å²) in [5.41, 5.74) is 0.431. The Morgan fingerprint density at radius 1 is 1.00 bits per heavy atom. The number of carbonyl (C=O) groups excluding carboxylic acids is 1. The molecule has 0 spiro atoms. The maximum absolute atomic E-state index is 12.8. The van der Waals surface area contributed by atoms with Crippen LogP contribution in [0.3, 0.4) is 0 Å². The summed E-state index contributed by atoms with van der Waals surface area (Å²) in [4.78, 5) is 11.9. The van der Waals surface area contributed by atoms with Gasteiger partial charge in [0, 0.05) is 11.6 Å². The number of rotatable bonds is 9. The van der Waals surface area contributed by atoms with Crippen molar-refractivity contribution < 1.29 is 32.2 Å². The maximum atomic E-state index is 12.8. The lowest BCUT2D eigenvalue weighted by atomic mass is 10.2. The van der Waals surface area contributed by atoms with Crippen LogP contribution in [0.2, 0.25) is 0 Å². The SMILES string of the molecule is COc1cccc(-c2nnc3ccc(OCCNC(=O)COc4cccc(C(F)(F)F)c4)nn23)c1. The smallest absolute Gasteiger partial charge is 0.416 e. The highest BCUT2D eigenvalue weighted by Gasteiger charge is 2.30. The summed E-state index contributed by atoms with van der Waals surface area (Å²) in [6, 6.07) is 14.9. The minimum atomic E-state index is -4.49. The van der Waals surface area contributed by atoms with Crippen LogP contribution >= 0.6 is 0 Å². The van der Waals surface area contributed by atoms with E-state index in [9.17, 15) is 18.0 Å². The molecular formula is C23H20F3N5O4. The Balaban J connectivity index is 1.29. The number of ether oxygens (including phenoxy) is 3. The van der Waals surface area contributed by atoms with E-state index in [2.05, 4.69) is 20.6 Å². The van der Waals surface area contributed by atoms with Gasteiger partial charge in [0.05, 0.1) is 19.2 Å². The molecule has 1 N–H and O–H groups in total. The molecule has 9 nitrogen and oxygen atoms in total. The van der Waals surface area contributed by atoms with Gasteiger partial charge in [0.2, 0.25) is 5.88 Å². The molecule has 0 saturated heterocycles. The zero-order valence-electron chi connectivity index (χ0n) is 18.5. The lowest BCUT2D eigenvalue weighted by molar-refractivity contribution is -0.137. The third-order valence-corrected chi connectivity index (χ3v) is 4.77. The van der Waals surface area contributed by atoms with Crippen molar-refractivity contribution in [3.05, 3.63) is 66.2 Å². The van der Waals surface area contributed by atoms with Crippen LogP contribution in [0.25, 0.3) is 17.0 Å². The Bertz CT molecular complexity index is 1330. The molecule has 0 radical (unpaired) electrons. The van der Waals surface area contributed by atoms with Crippen molar-refractivity contribution in [3.63, 3.8) is 0 Å². The van der Waals surface area contributed by atoms with Gasteiger partial charge in [-0.1, -0.05) is 18.2 Å².